The molecule has 1 aliphatic heterocycles. The van der Waals surface area contributed by atoms with Crippen molar-refractivity contribution in [1.29, 1.82) is 0 Å². The molecular weight excluding hydrogens is 350 g/mol. The van der Waals surface area contributed by atoms with Crippen molar-refractivity contribution < 1.29 is 14.3 Å². The minimum atomic E-state index is -0.295. The first-order valence-electron chi connectivity index (χ1n) is 7.51. The van der Waals surface area contributed by atoms with Gasteiger partial charge in [0.2, 0.25) is 5.91 Å². The average Bonchev–Trinajstić information content (AvgIpc) is 3.05. The zero-order valence-corrected chi connectivity index (χ0v) is 14.6. The lowest BCUT2D eigenvalue weighted by Crippen LogP contribution is -2.39. The molecule has 1 aliphatic rings. The molecule has 0 spiro atoms. The largest absolute Gasteiger partial charge is 0.482 e. The fraction of sp³-hybridized carbons (Fsp3) is 0.312. The number of hydrogen-bond acceptors (Lipinski definition) is 5. The van der Waals surface area contributed by atoms with Crippen molar-refractivity contribution in [3.05, 3.63) is 23.6 Å². The average molecular weight is 366 g/mol. The second-order valence-electron chi connectivity index (χ2n) is 5.24. The van der Waals surface area contributed by atoms with E-state index in [4.69, 9.17) is 16.3 Å². The highest BCUT2D eigenvalue weighted by Crippen LogP contribution is 2.36. The first-order valence-corrected chi connectivity index (χ1v) is 8.92. The van der Waals surface area contributed by atoms with E-state index in [0.717, 1.165) is 23.4 Å². The Kier molecular flexibility index (Phi) is 5.01. The molecule has 0 bridgehead atoms. The SMILES string of the molecule is CCCN1C(=O)COc2ccc(-c3csc(NC(=O)CCl)n3)cc21. The van der Waals surface area contributed by atoms with Crippen LogP contribution in [0.15, 0.2) is 23.6 Å². The van der Waals surface area contributed by atoms with Crippen molar-refractivity contribution >= 4 is 45.6 Å². The molecule has 1 N–H and O–H groups in total. The Morgan fingerprint density at radius 1 is 1.50 bits per heavy atom. The molecule has 0 aliphatic carbocycles. The van der Waals surface area contributed by atoms with Crippen LogP contribution in [0, 0.1) is 0 Å². The lowest BCUT2D eigenvalue weighted by molar-refractivity contribution is -0.121. The molecule has 2 heterocycles. The number of hydrogen-bond donors (Lipinski definition) is 1. The fourth-order valence-corrected chi connectivity index (χ4v) is 3.25. The Balaban J connectivity index is 1.90. The van der Waals surface area contributed by atoms with Crippen molar-refractivity contribution in [2.24, 2.45) is 0 Å². The highest BCUT2D eigenvalue weighted by molar-refractivity contribution is 7.14. The van der Waals surface area contributed by atoms with Crippen LogP contribution in [0.1, 0.15) is 13.3 Å². The minimum Gasteiger partial charge on any atom is -0.482 e. The standard InChI is InChI=1S/C16H16ClN3O3S/c1-2-5-20-12-6-10(3-4-13(12)23-8-15(20)22)11-9-24-16(18-11)19-14(21)7-17/h3-4,6,9H,2,5,7-8H2,1H3,(H,18,19,21). The maximum atomic E-state index is 12.1. The van der Waals surface area contributed by atoms with Crippen LogP contribution >= 0.6 is 22.9 Å². The number of anilines is 2. The van der Waals surface area contributed by atoms with E-state index in [0.29, 0.717) is 17.4 Å². The molecule has 1 aromatic heterocycles. The van der Waals surface area contributed by atoms with Gasteiger partial charge in [0.15, 0.2) is 11.7 Å². The molecule has 0 radical (unpaired) electrons. The predicted molar refractivity (Wildman–Crippen MR) is 95.0 cm³/mol. The number of nitrogens with one attached hydrogen (secondary N) is 1. The van der Waals surface area contributed by atoms with Gasteiger partial charge < -0.3 is 15.0 Å². The Bertz CT molecular complexity index is 778. The van der Waals surface area contributed by atoms with Crippen LogP contribution in [0.2, 0.25) is 0 Å². The van der Waals surface area contributed by atoms with Crippen LogP contribution in [0.3, 0.4) is 0 Å². The monoisotopic (exact) mass is 365 g/mol. The first kappa shape index (κ1) is 16.7. The molecule has 0 unspecified atom stereocenters. The van der Waals surface area contributed by atoms with Gasteiger partial charge in [0.1, 0.15) is 11.6 Å². The van der Waals surface area contributed by atoms with E-state index in [1.807, 2.05) is 30.5 Å². The third-order valence-electron chi connectivity index (χ3n) is 3.52. The van der Waals surface area contributed by atoms with Crippen LogP contribution in [0.4, 0.5) is 10.8 Å². The summed E-state index contributed by atoms with van der Waals surface area (Å²) in [5.74, 6) is 0.239. The van der Waals surface area contributed by atoms with Gasteiger partial charge in [-0.3, -0.25) is 9.59 Å². The maximum Gasteiger partial charge on any atom is 0.265 e. The molecular formula is C16H16ClN3O3S. The van der Waals surface area contributed by atoms with Gasteiger partial charge >= 0.3 is 0 Å². The molecule has 8 heteroatoms. The Morgan fingerprint density at radius 2 is 2.33 bits per heavy atom. The highest BCUT2D eigenvalue weighted by atomic mass is 35.5. The van der Waals surface area contributed by atoms with E-state index in [-0.39, 0.29) is 24.3 Å². The smallest absolute Gasteiger partial charge is 0.265 e. The lowest BCUT2D eigenvalue weighted by atomic mass is 10.1. The summed E-state index contributed by atoms with van der Waals surface area (Å²) in [6.07, 6.45) is 0.862. The molecule has 24 heavy (non-hydrogen) atoms. The number of nitrogens with zero attached hydrogens (tertiary/aromatic N) is 2. The van der Waals surface area contributed by atoms with Gasteiger partial charge in [0, 0.05) is 17.5 Å². The van der Waals surface area contributed by atoms with Crippen molar-refractivity contribution in [2.45, 2.75) is 13.3 Å². The van der Waals surface area contributed by atoms with Gasteiger partial charge in [-0.25, -0.2) is 4.98 Å². The van der Waals surface area contributed by atoms with Crippen LogP contribution in [0.5, 0.6) is 5.75 Å². The molecule has 126 valence electrons. The maximum absolute atomic E-state index is 12.1. The van der Waals surface area contributed by atoms with Gasteiger partial charge in [-0.15, -0.1) is 22.9 Å². The number of amides is 2. The molecule has 0 fully saturated rings. The molecule has 0 saturated heterocycles. The summed E-state index contributed by atoms with van der Waals surface area (Å²) >= 11 is 6.80. The van der Waals surface area contributed by atoms with Gasteiger partial charge in [-0.1, -0.05) is 6.92 Å². The summed E-state index contributed by atoms with van der Waals surface area (Å²) in [6.45, 7) is 2.74. The second-order valence-corrected chi connectivity index (χ2v) is 6.36. The summed E-state index contributed by atoms with van der Waals surface area (Å²) in [6, 6.07) is 5.63. The minimum absolute atomic E-state index is 0.0464. The zero-order chi connectivity index (χ0) is 17.1. The van der Waals surface area contributed by atoms with E-state index in [2.05, 4.69) is 10.3 Å². The molecule has 1 aromatic carbocycles. The fourth-order valence-electron chi connectivity index (χ4n) is 2.45. The van der Waals surface area contributed by atoms with Gasteiger partial charge in [0.05, 0.1) is 11.4 Å². The van der Waals surface area contributed by atoms with Crippen molar-refractivity contribution in [3.63, 3.8) is 0 Å². The van der Waals surface area contributed by atoms with E-state index in [1.165, 1.54) is 11.3 Å². The van der Waals surface area contributed by atoms with Gasteiger partial charge in [-0.2, -0.15) is 0 Å². The number of carbonyl (C=O) groups is 2. The summed E-state index contributed by atoms with van der Waals surface area (Å²) in [7, 11) is 0. The molecule has 2 amide bonds. The predicted octanol–water partition coefficient (Wildman–Crippen LogP) is 3.12. The van der Waals surface area contributed by atoms with Gasteiger partial charge in [-0.05, 0) is 24.6 Å². The Hall–Kier alpha value is -2.12. The number of fused-ring (bicyclic) bond motifs is 1. The summed E-state index contributed by atoms with van der Waals surface area (Å²) in [5.41, 5.74) is 2.34. The summed E-state index contributed by atoms with van der Waals surface area (Å²) in [4.78, 5) is 29.5. The van der Waals surface area contributed by atoms with Crippen molar-refractivity contribution in [2.75, 3.05) is 29.2 Å². The number of rotatable bonds is 5. The molecule has 3 rings (SSSR count). The van der Waals surface area contributed by atoms with Crippen molar-refractivity contribution in [1.82, 2.24) is 4.98 Å². The summed E-state index contributed by atoms with van der Waals surface area (Å²) in [5, 5.41) is 4.97. The Morgan fingerprint density at radius 3 is 3.08 bits per heavy atom. The van der Waals surface area contributed by atoms with Gasteiger partial charge in [0.25, 0.3) is 5.91 Å². The van der Waals surface area contributed by atoms with Crippen LogP contribution in [-0.4, -0.2) is 35.8 Å². The summed E-state index contributed by atoms with van der Waals surface area (Å²) < 4.78 is 5.49. The highest BCUT2D eigenvalue weighted by Gasteiger charge is 2.25. The number of halogens is 1. The number of thiazole rings is 1. The number of ether oxygens (including phenoxy) is 1. The topological polar surface area (TPSA) is 71.5 Å². The lowest BCUT2D eigenvalue weighted by Gasteiger charge is -2.29. The van der Waals surface area contributed by atoms with Crippen LogP contribution in [0.25, 0.3) is 11.3 Å². The number of aromatic nitrogens is 1. The number of benzene rings is 1. The van der Waals surface area contributed by atoms with E-state index in [9.17, 15) is 9.59 Å². The molecule has 6 nitrogen and oxygen atoms in total. The van der Waals surface area contributed by atoms with E-state index in [1.54, 1.807) is 4.90 Å². The molecule has 2 aromatic rings. The van der Waals surface area contributed by atoms with Crippen LogP contribution in [-0.2, 0) is 9.59 Å². The van der Waals surface area contributed by atoms with Crippen LogP contribution < -0.4 is 15.0 Å². The zero-order valence-electron chi connectivity index (χ0n) is 13.0. The van der Waals surface area contributed by atoms with E-state index < -0.39 is 0 Å². The second kappa shape index (κ2) is 7.19. The Labute approximate surface area is 148 Å². The van der Waals surface area contributed by atoms with Crippen molar-refractivity contribution in [3.8, 4) is 17.0 Å². The normalized spacial score (nSPS) is 13.4. The van der Waals surface area contributed by atoms with E-state index >= 15 is 0 Å². The third-order valence-corrected chi connectivity index (χ3v) is 4.52. The quantitative estimate of drug-likeness (QED) is 0.826. The molecule has 0 saturated carbocycles. The molecule has 0 atom stereocenters. The number of carbonyl (C=O) groups excluding carboxylic acids is 2. The number of alkyl halides is 1. The third kappa shape index (κ3) is 3.37. The first-order chi connectivity index (χ1) is 11.6.